The van der Waals surface area contributed by atoms with Crippen molar-refractivity contribution < 1.29 is 24.2 Å². The zero-order chi connectivity index (χ0) is 18.4. The molecule has 1 aliphatic carbocycles. The van der Waals surface area contributed by atoms with Crippen molar-refractivity contribution >= 4 is 11.6 Å². The smallest absolute Gasteiger partial charge is 0.228 e. The molecule has 0 unspecified atom stereocenters. The summed E-state index contributed by atoms with van der Waals surface area (Å²) in [6.45, 7) is 5.77. The zero-order valence-corrected chi connectivity index (χ0v) is 15.0. The molecule has 26 heavy (non-hydrogen) atoms. The molecule has 3 aliphatic rings. The molecule has 0 radical (unpaired) electrons. The fourth-order valence-electron chi connectivity index (χ4n) is 3.91. The van der Waals surface area contributed by atoms with Gasteiger partial charge in [-0.2, -0.15) is 0 Å². The van der Waals surface area contributed by atoms with E-state index in [2.05, 4.69) is 4.98 Å². The van der Waals surface area contributed by atoms with Crippen LogP contribution in [-0.2, 0) is 16.1 Å². The molecule has 3 atom stereocenters. The van der Waals surface area contributed by atoms with Gasteiger partial charge in [-0.25, -0.2) is 4.98 Å². The van der Waals surface area contributed by atoms with Gasteiger partial charge in [-0.15, -0.1) is 0 Å². The number of rotatable bonds is 5. The lowest BCUT2D eigenvalue weighted by atomic mass is 10.0. The number of hydrogen-bond acceptors (Lipinski definition) is 7. The van der Waals surface area contributed by atoms with Gasteiger partial charge < -0.3 is 19.5 Å². The number of ether oxygens (including phenoxy) is 2. The minimum Gasteiger partial charge on any atom is -0.388 e. The van der Waals surface area contributed by atoms with E-state index in [1.165, 1.54) is 6.08 Å². The minimum atomic E-state index is -0.757. The largest absolute Gasteiger partial charge is 0.388 e. The van der Waals surface area contributed by atoms with Crippen molar-refractivity contribution in [2.45, 2.75) is 51.7 Å². The number of aliphatic hydroxyl groups excluding tert-OH is 1. The molecule has 2 aliphatic heterocycles. The van der Waals surface area contributed by atoms with Crippen LogP contribution in [0.5, 0.6) is 0 Å². The fourth-order valence-corrected chi connectivity index (χ4v) is 3.91. The van der Waals surface area contributed by atoms with Gasteiger partial charge in [0.1, 0.15) is 36.0 Å². The molecular weight excluding hydrogens is 338 g/mol. The van der Waals surface area contributed by atoms with Crippen molar-refractivity contribution in [3.63, 3.8) is 0 Å². The van der Waals surface area contributed by atoms with E-state index in [0.717, 1.165) is 12.8 Å². The van der Waals surface area contributed by atoms with E-state index in [1.54, 1.807) is 4.57 Å². The van der Waals surface area contributed by atoms with Gasteiger partial charge in [-0.05, 0) is 12.8 Å². The number of carbonyl (C=O) groups excluding carboxylic acids is 2. The Labute approximate surface area is 151 Å². The Hall–Kier alpha value is -2.03. The first-order valence-corrected chi connectivity index (χ1v) is 9.14. The molecule has 1 fully saturated rings. The number of hydrogen-bond donors (Lipinski definition) is 1. The second kappa shape index (κ2) is 6.61. The van der Waals surface area contributed by atoms with Crippen molar-refractivity contribution in [2.24, 2.45) is 0 Å². The molecule has 0 saturated carbocycles. The number of allylic oxidation sites excluding steroid dienone is 2. The van der Waals surface area contributed by atoms with Gasteiger partial charge in [0.15, 0.2) is 6.23 Å². The van der Waals surface area contributed by atoms with Gasteiger partial charge in [0, 0.05) is 19.2 Å². The Balaban J connectivity index is 1.77. The Morgan fingerprint density at radius 3 is 2.69 bits per heavy atom. The van der Waals surface area contributed by atoms with Crippen LogP contribution < -0.4 is 0 Å². The van der Waals surface area contributed by atoms with Gasteiger partial charge >= 0.3 is 0 Å². The van der Waals surface area contributed by atoms with Crippen LogP contribution in [-0.4, -0.2) is 63.0 Å². The first-order chi connectivity index (χ1) is 12.6. The topological polar surface area (TPSA) is 93.9 Å². The molecule has 140 valence electrons. The van der Waals surface area contributed by atoms with E-state index in [9.17, 15) is 14.7 Å². The van der Waals surface area contributed by atoms with Crippen LogP contribution >= 0.6 is 0 Å². The summed E-state index contributed by atoms with van der Waals surface area (Å²) in [5, 5.41) is 10.0. The third kappa shape index (κ3) is 2.52. The van der Waals surface area contributed by atoms with Crippen LogP contribution in [0.4, 0.5) is 0 Å². The van der Waals surface area contributed by atoms with Crippen molar-refractivity contribution in [1.29, 1.82) is 0 Å². The highest BCUT2D eigenvalue weighted by Gasteiger charge is 2.46. The number of fused-ring (bicyclic) bond motifs is 5. The SMILES string of the molecule is CCCN(CCC)C1=CC(=O)c2nc3n(c2C1=O)[C@H]1OC[C@@H](O)[C@H]1OC3. The molecule has 0 spiro atoms. The molecule has 1 saturated heterocycles. The second-order valence-corrected chi connectivity index (χ2v) is 6.87. The summed E-state index contributed by atoms with van der Waals surface area (Å²) in [5.41, 5.74) is 0.818. The maximum atomic E-state index is 13.3. The average molecular weight is 361 g/mol. The summed E-state index contributed by atoms with van der Waals surface area (Å²) in [4.78, 5) is 32.2. The van der Waals surface area contributed by atoms with Crippen LogP contribution in [0.25, 0.3) is 0 Å². The van der Waals surface area contributed by atoms with Crippen LogP contribution in [0.1, 0.15) is 59.7 Å². The van der Waals surface area contributed by atoms with E-state index >= 15 is 0 Å². The molecule has 0 amide bonds. The first kappa shape index (κ1) is 17.4. The Morgan fingerprint density at radius 1 is 1.27 bits per heavy atom. The highest BCUT2D eigenvalue weighted by atomic mass is 16.6. The quantitative estimate of drug-likeness (QED) is 0.838. The Kier molecular flexibility index (Phi) is 4.42. The number of aromatic nitrogens is 2. The summed E-state index contributed by atoms with van der Waals surface area (Å²) in [7, 11) is 0. The van der Waals surface area contributed by atoms with E-state index < -0.39 is 18.4 Å². The molecule has 0 bridgehead atoms. The van der Waals surface area contributed by atoms with Crippen LogP contribution in [0, 0.1) is 0 Å². The highest BCUT2D eigenvalue weighted by Crippen LogP contribution is 2.37. The third-order valence-corrected chi connectivity index (χ3v) is 5.02. The maximum absolute atomic E-state index is 13.3. The van der Waals surface area contributed by atoms with Crippen molar-refractivity contribution in [3.05, 3.63) is 29.0 Å². The predicted octanol–water partition coefficient (Wildman–Crippen LogP) is 1.06. The number of nitrogens with zero attached hydrogens (tertiary/aromatic N) is 3. The van der Waals surface area contributed by atoms with Crippen molar-refractivity contribution in [2.75, 3.05) is 19.7 Å². The van der Waals surface area contributed by atoms with E-state index in [-0.39, 0.29) is 36.2 Å². The van der Waals surface area contributed by atoms with Gasteiger partial charge in [0.05, 0.1) is 12.3 Å². The number of imidazole rings is 1. The Morgan fingerprint density at radius 2 is 2.00 bits per heavy atom. The van der Waals surface area contributed by atoms with Gasteiger partial charge in [0.2, 0.25) is 11.6 Å². The number of Topliss-reactive ketones (excluding diaryl/α,β-unsaturated/α-hetero) is 1. The van der Waals surface area contributed by atoms with Crippen LogP contribution in [0.3, 0.4) is 0 Å². The standard InChI is InChI=1S/C18H23N3O5/c1-3-5-20(6-4-2)10-7-11(22)14-15(16(10)24)21-13(19-14)9-25-17-12(23)8-26-18(17)21/h7,12,17-18,23H,3-6,8-9H2,1-2H3/t12-,17-,18+/m1/s1. The average Bonchev–Trinajstić information content (AvgIpc) is 3.19. The molecule has 1 aromatic rings. The van der Waals surface area contributed by atoms with Gasteiger partial charge in [-0.3, -0.25) is 14.2 Å². The number of aliphatic hydroxyl groups is 1. The molecule has 4 rings (SSSR count). The van der Waals surface area contributed by atoms with Crippen molar-refractivity contribution in [3.8, 4) is 0 Å². The zero-order valence-electron chi connectivity index (χ0n) is 15.0. The molecule has 8 nitrogen and oxygen atoms in total. The lowest BCUT2D eigenvalue weighted by molar-refractivity contribution is -0.0992. The summed E-state index contributed by atoms with van der Waals surface area (Å²) in [5.74, 6) is -0.00563. The maximum Gasteiger partial charge on any atom is 0.228 e. The minimum absolute atomic E-state index is 0.129. The van der Waals surface area contributed by atoms with E-state index in [1.807, 2.05) is 18.7 Å². The number of ketones is 2. The van der Waals surface area contributed by atoms with Crippen molar-refractivity contribution in [1.82, 2.24) is 14.5 Å². The lowest BCUT2D eigenvalue weighted by Gasteiger charge is -2.31. The van der Waals surface area contributed by atoms with Crippen LogP contribution in [0.2, 0.25) is 0 Å². The summed E-state index contributed by atoms with van der Waals surface area (Å²) in [6, 6.07) is 0. The summed E-state index contributed by atoms with van der Waals surface area (Å²) >= 11 is 0. The second-order valence-electron chi connectivity index (χ2n) is 6.87. The molecule has 1 N–H and O–H groups in total. The molecule has 3 heterocycles. The van der Waals surface area contributed by atoms with Crippen LogP contribution in [0.15, 0.2) is 11.8 Å². The lowest BCUT2D eigenvalue weighted by Crippen LogP contribution is -2.39. The van der Waals surface area contributed by atoms with E-state index in [0.29, 0.717) is 24.6 Å². The molecular formula is C18H23N3O5. The molecule has 0 aromatic carbocycles. The monoisotopic (exact) mass is 361 g/mol. The third-order valence-electron chi connectivity index (χ3n) is 5.02. The fraction of sp³-hybridized carbons (Fsp3) is 0.611. The number of carbonyl (C=O) groups is 2. The summed E-state index contributed by atoms with van der Waals surface area (Å²) < 4.78 is 12.9. The molecule has 1 aromatic heterocycles. The van der Waals surface area contributed by atoms with Gasteiger partial charge in [-0.1, -0.05) is 13.8 Å². The van der Waals surface area contributed by atoms with E-state index in [4.69, 9.17) is 9.47 Å². The Bertz CT molecular complexity index is 778. The van der Waals surface area contributed by atoms with Gasteiger partial charge in [0.25, 0.3) is 0 Å². The summed E-state index contributed by atoms with van der Waals surface area (Å²) in [6.07, 6.45) is 1.21. The predicted molar refractivity (Wildman–Crippen MR) is 90.7 cm³/mol. The highest BCUT2D eigenvalue weighted by molar-refractivity contribution is 6.23. The first-order valence-electron chi connectivity index (χ1n) is 9.14. The molecule has 8 heteroatoms. The normalized spacial score (nSPS) is 27.0.